The molecule has 1 atom stereocenters. The van der Waals surface area contributed by atoms with E-state index in [-0.39, 0.29) is 11.3 Å². The second-order valence-electron chi connectivity index (χ2n) is 5.98. The molecule has 0 amide bonds. The minimum atomic E-state index is -0.149. The number of methoxy groups -OCH3 is 2. The number of nitrogens with one attached hydrogen (secondary N) is 1. The van der Waals surface area contributed by atoms with Crippen LogP contribution < -0.4 is 25.4 Å². The van der Waals surface area contributed by atoms with Crippen LogP contribution in [0.15, 0.2) is 36.4 Å². The van der Waals surface area contributed by atoms with Gasteiger partial charge in [0.05, 0.1) is 19.9 Å². The topological polar surface area (TPSA) is 59.8 Å². The van der Waals surface area contributed by atoms with Crippen molar-refractivity contribution >= 4 is 23.0 Å². The smallest absolute Gasteiger partial charge is 0.184 e. The molecule has 0 aliphatic carbocycles. The first kappa shape index (κ1) is 17.5. The summed E-state index contributed by atoms with van der Waals surface area (Å²) >= 11 is 5.40. The molecule has 132 valence electrons. The molecule has 0 saturated carbocycles. The molecule has 3 N–H and O–H groups in total. The number of benzene rings is 2. The van der Waals surface area contributed by atoms with Gasteiger partial charge >= 0.3 is 0 Å². The van der Waals surface area contributed by atoms with Crippen LogP contribution in [-0.4, -0.2) is 25.9 Å². The molecule has 6 heteroatoms. The van der Waals surface area contributed by atoms with E-state index >= 15 is 0 Å². The molecule has 0 bridgehead atoms. The Morgan fingerprint density at radius 2 is 1.88 bits per heavy atom. The van der Waals surface area contributed by atoms with Gasteiger partial charge in [0, 0.05) is 6.54 Å². The molecule has 25 heavy (non-hydrogen) atoms. The Hall–Kier alpha value is -2.31. The van der Waals surface area contributed by atoms with E-state index in [4.69, 9.17) is 27.4 Å². The largest absolute Gasteiger partial charge is 0.493 e. The Kier molecular flexibility index (Phi) is 5.11. The maximum atomic E-state index is 6.13. The molecule has 1 heterocycles. The van der Waals surface area contributed by atoms with Gasteiger partial charge in [-0.1, -0.05) is 30.3 Å². The van der Waals surface area contributed by atoms with Gasteiger partial charge in [0.2, 0.25) is 0 Å². The highest BCUT2D eigenvalue weighted by molar-refractivity contribution is 7.80. The van der Waals surface area contributed by atoms with Crippen LogP contribution in [0.4, 0.5) is 5.69 Å². The monoisotopic (exact) mass is 357 g/mol. The number of ether oxygens (including phenoxy) is 2. The lowest BCUT2D eigenvalue weighted by Crippen LogP contribution is -2.48. The second kappa shape index (κ2) is 7.29. The summed E-state index contributed by atoms with van der Waals surface area (Å²) in [5.74, 6) is 1.31. The Labute approximate surface area is 153 Å². The minimum absolute atomic E-state index is 0.149. The molecule has 0 aromatic heterocycles. The molecule has 1 unspecified atom stereocenters. The Balaban J connectivity index is 2.15. The third-order valence-corrected chi connectivity index (χ3v) is 4.73. The zero-order valence-electron chi connectivity index (χ0n) is 14.7. The highest BCUT2D eigenvalue weighted by Gasteiger charge is 2.30. The fraction of sp³-hybridized carbons (Fsp3) is 0.316. The molecule has 3 rings (SSSR count). The lowest BCUT2D eigenvalue weighted by atomic mass is 9.97. The summed E-state index contributed by atoms with van der Waals surface area (Å²) in [7, 11) is 3.26. The van der Waals surface area contributed by atoms with Gasteiger partial charge in [0.1, 0.15) is 6.17 Å². The minimum Gasteiger partial charge on any atom is -0.493 e. The highest BCUT2D eigenvalue weighted by Crippen LogP contribution is 2.43. The van der Waals surface area contributed by atoms with Crippen LogP contribution in [0, 0.1) is 6.92 Å². The number of hydrogen-bond donors (Lipinski definition) is 2. The van der Waals surface area contributed by atoms with Gasteiger partial charge < -0.3 is 15.2 Å². The van der Waals surface area contributed by atoms with Crippen molar-refractivity contribution in [1.82, 2.24) is 5.32 Å². The van der Waals surface area contributed by atoms with E-state index in [1.54, 1.807) is 14.2 Å². The van der Waals surface area contributed by atoms with Crippen molar-refractivity contribution in [3.63, 3.8) is 0 Å². The Bertz CT molecular complexity index is 794. The van der Waals surface area contributed by atoms with E-state index in [2.05, 4.69) is 23.5 Å². The van der Waals surface area contributed by atoms with Gasteiger partial charge in [-0.15, -0.1) is 0 Å². The number of nitrogens with two attached hydrogens (primary N) is 1. The lowest BCUT2D eigenvalue weighted by Gasteiger charge is -2.37. The molecule has 1 aliphatic heterocycles. The fourth-order valence-corrected chi connectivity index (χ4v) is 3.59. The van der Waals surface area contributed by atoms with Gasteiger partial charge in [-0.3, -0.25) is 10.2 Å². The highest BCUT2D eigenvalue weighted by atomic mass is 32.1. The Morgan fingerprint density at radius 1 is 1.16 bits per heavy atom. The van der Waals surface area contributed by atoms with Gasteiger partial charge in [0.25, 0.3) is 0 Å². The quantitative estimate of drug-likeness (QED) is 0.821. The number of nitrogens with zero attached hydrogens (tertiary/aromatic N) is 1. The first-order valence-electron chi connectivity index (χ1n) is 8.20. The van der Waals surface area contributed by atoms with Crippen LogP contribution >= 0.6 is 12.2 Å². The summed E-state index contributed by atoms with van der Waals surface area (Å²) in [6, 6.07) is 12.3. The summed E-state index contributed by atoms with van der Waals surface area (Å²) in [6.45, 7) is 2.83. The summed E-state index contributed by atoms with van der Waals surface area (Å²) in [5.41, 5.74) is 10.4. The number of thiocarbonyl (C=S) groups is 1. The summed E-state index contributed by atoms with van der Waals surface area (Å²) in [5, 5.41) is 3.80. The van der Waals surface area contributed by atoms with Crippen LogP contribution in [-0.2, 0) is 6.42 Å². The first-order valence-corrected chi connectivity index (χ1v) is 8.60. The number of rotatable bonds is 4. The first-order chi connectivity index (χ1) is 12.1. The van der Waals surface area contributed by atoms with E-state index in [9.17, 15) is 0 Å². The van der Waals surface area contributed by atoms with E-state index in [1.807, 2.05) is 30.0 Å². The van der Waals surface area contributed by atoms with Crippen LogP contribution in [0.1, 0.15) is 22.9 Å². The average Bonchev–Trinajstić information content (AvgIpc) is 2.62. The van der Waals surface area contributed by atoms with E-state index in [1.165, 1.54) is 11.1 Å². The van der Waals surface area contributed by atoms with Crippen LogP contribution in [0.3, 0.4) is 0 Å². The molecule has 2 aromatic rings. The molecule has 2 aromatic carbocycles. The van der Waals surface area contributed by atoms with Crippen molar-refractivity contribution in [2.45, 2.75) is 19.5 Å². The van der Waals surface area contributed by atoms with Crippen LogP contribution in [0.5, 0.6) is 11.5 Å². The number of anilines is 1. The number of fused-ring (bicyclic) bond motifs is 1. The molecular weight excluding hydrogens is 334 g/mol. The van der Waals surface area contributed by atoms with Gasteiger partial charge in [-0.25, -0.2) is 0 Å². The molecule has 5 nitrogen and oxygen atoms in total. The molecule has 1 aliphatic rings. The predicted molar refractivity (Wildman–Crippen MR) is 104 cm³/mol. The van der Waals surface area contributed by atoms with Crippen molar-refractivity contribution < 1.29 is 9.47 Å². The van der Waals surface area contributed by atoms with Crippen molar-refractivity contribution in [3.8, 4) is 11.5 Å². The maximum Gasteiger partial charge on any atom is 0.184 e. The third kappa shape index (κ3) is 3.15. The van der Waals surface area contributed by atoms with Crippen molar-refractivity contribution in [3.05, 3.63) is 53.1 Å². The lowest BCUT2D eigenvalue weighted by molar-refractivity contribution is 0.352. The zero-order chi connectivity index (χ0) is 18.0. The van der Waals surface area contributed by atoms with Crippen molar-refractivity contribution in [2.24, 2.45) is 5.73 Å². The third-order valence-electron chi connectivity index (χ3n) is 4.53. The summed E-state index contributed by atoms with van der Waals surface area (Å²) in [6.07, 6.45) is 0.829. The van der Waals surface area contributed by atoms with E-state index in [0.717, 1.165) is 24.2 Å². The van der Waals surface area contributed by atoms with Crippen LogP contribution in [0.25, 0.3) is 0 Å². The fourth-order valence-electron chi connectivity index (χ4n) is 3.39. The zero-order valence-corrected chi connectivity index (χ0v) is 15.5. The van der Waals surface area contributed by atoms with Gasteiger partial charge in [0.15, 0.2) is 16.6 Å². The Morgan fingerprint density at radius 3 is 2.56 bits per heavy atom. The molecule has 0 radical (unpaired) electrons. The molecule has 0 saturated heterocycles. The molecule has 0 spiro atoms. The summed E-state index contributed by atoms with van der Waals surface area (Å²) < 4.78 is 11.2. The van der Waals surface area contributed by atoms with Crippen LogP contribution in [0.2, 0.25) is 0 Å². The summed E-state index contributed by atoms with van der Waals surface area (Å²) in [4.78, 5) is 1.90. The normalized spacial score (nSPS) is 16.0. The van der Waals surface area contributed by atoms with Crippen molar-refractivity contribution in [1.29, 1.82) is 0 Å². The van der Waals surface area contributed by atoms with Gasteiger partial charge in [-0.05, 0) is 48.3 Å². The standard InChI is InChI=1S/C19H23N3O2S/c1-12-8-9-15(17(24-3)16(12)23-2)22(19(20)25)18-14-7-5-4-6-13(14)10-11-21-18/h4-9,18,21H,10-11H2,1-3H3,(H2,20,25). The second-order valence-corrected chi connectivity index (χ2v) is 6.40. The molecular formula is C19H23N3O2S. The predicted octanol–water partition coefficient (Wildman–Crippen LogP) is 2.91. The van der Waals surface area contributed by atoms with Crippen molar-refractivity contribution in [2.75, 3.05) is 25.7 Å². The van der Waals surface area contributed by atoms with E-state index < -0.39 is 0 Å². The number of hydrogen-bond acceptors (Lipinski definition) is 4. The number of aryl methyl sites for hydroxylation is 1. The van der Waals surface area contributed by atoms with Gasteiger partial charge in [-0.2, -0.15) is 0 Å². The SMILES string of the molecule is COc1c(C)ccc(N(C(N)=S)C2NCCc3ccccc32)c1OC. The van der Waals surface area contributed by atoms with E-state index in [0.29, 0.717) is 11.5 Å². The average molecular weight is 357 g/mol. The maximum absolute atomic E-state index is 6.13. The molecule has 0 fully saturated rings.